The number of aliphatic hydroxyl groups is 1. The highest BCUT2D eigenvalue weighted by atomic mass is 16.3. The van der Waals surface area contributed by atoms with Crippen LogP contribution in [0, 0.1) is 13.8 Å². The molecule has 0 bridgehead atoms. The van der Waals surface area contributed by atoms with Crippen LogP contribution < -0.4 is 5.32 Å². The number of nitrogens with zero attached hydrogens (tertiary/aromatic N) is 3. The Labute approximate surface area is 146 Å². The van der Waals surface area contributed by atoms with E-state index in [9.17, 15) is 9.90 Å². The lowest BCUT2D eigenvalue weighted by molar-refractivity contribution is 0.102. The highest BCUT2D eigenvalue weighted by molar-refractivity contribution is 6.07. The van der Waals surface area contributed by atoms with E-state index in [-0.39, 0.29) is 18.6 Å². The van der Waals surface area contributed by atoms with Gasteiger partial charge in [0.1, 0.15) is 0 Å². The van der Waals surface area contributed by atoms with Crippen molar-refractivity contribution in [3.8, 4) is 0 Å². The number of carbonyl (C=O) groups excluding carboxylic acids is 1. The summed E-state index contributed by atoms with van der Waals surface area (Å²) in [5, 5.41) is 17.4. The molecule has 0 spiro atoms. The summed E-state index contributed by atoms with van der Waals surface area (Å²) in [6.07, 6.45) is 1.73. The summed E-state index contributed by atoms with van der Waals surface area (Å²) >= 11 is 0. The zero-order valence-corrected chi connectivity index (χ0v) is 14.9. The van der Waals surface area contributed by atoms with E-state index >= 15 is 0 Å². The maximum atomic E-state index is 12.7. The molecule has 1 aromatic carbocycles. The quantitative estimate of drug-likeness (QED) is 0.764. The van der Waals surface area contributed by atoms with Crippen molar-refractivity contribution in [1.82, 2.24) is 14.8 Å². The zero-order chi connectivity index (χ0) is 18.1. The molecule has 3 rings (SSSR count). The number of benzene rings is 1. The van der Waals surface area contributed by atoms with Crippen molar-refractivity contribution in [2.24, 2.45) is 0 Å². The van der Waals surface area contributed by atoms with Crippen molar-refractivity contribution in [2.45, 2.75) is 40.3 Å². The number of pyridine rings is 1. The van der Waals surface area contributed by atoms with Crippen LogP contribution in [-0.4, -0.2) is 25.8 Å². The molecule has 6 heteroatoms. The second kappa shape index (κ2) is 6.64. The van der Waals surface area contributed by atoms with E-state index in [0.29, 0.717) is 16.9 Å². The Morgan fingerprint density at radius 1 is 1.28 bits per heavy atom. The van der Waals surface area contributed by atoms with Crippen molar-refractivity contribution in [1.29, 1.82) is 0 Å². The minimum Gasteiger partial charge on any atom is -0.392 e. The van der Waals surface area contributed by atoms with Gasteiger partial charge in [-0.05, 0) is 51.0 Å². The fraction of sp³-hybridized carbons (Fsp3) is 0.316. The van der Waals surface area contributed by atoms with Gasteiger partial charge in [-0.1, -0.05) is 12.1 Å². The summed E-state index contributed by atoms with van der Waals surface area (Å²) in [5.74, 6) is -0.220. The fourth-order valence-electron chi connectivity index (χ4n) is 2.77. The molecule has 3 aromatic rings. The van der Waals surface area contributed by atoms with Crippen molar-refractivity contribution < 1.29 is 9.90 Å². The molecule has 0 fully saturated rings. The lowest BCUT2D eigenvalue weighted by Crippen LogP contribution is -2.15. The molecule has 0 saturated heterocycles. The molecule has 25 heavy (non-hydrogen) atoms. The van der Waals surface area contributed by atoms with Gasteiger partial charge in [-0.2, -0.15) is 5.10 Å². The van der Waals surface area contributed by atoms with E-state index in [4.69, 9.17) is 0 Å². The molecule has 0 saturated carbocycles. The Hall–Kier alpha value is -2.73. The molecule has 0 radical (unpaired) electrons. The van der Waals surface area contributed by atoms with Crippen LogP contribution in [0.4, 0.5) is 5.69 Å². The smallest absolute Gasteiger partial charge is 0.257 e. The first-order valence-electron chi connectivity index (χ1n) is 8.27. The van der Waals surface area contributed by atoms with Gasteiger partial charge in [-0.15, -0.1) is 0 Å². The Balaban J connectivity index is 1.96. The summed E-state index contributed by atoms with van der Waals surface area (Å²) in [5.41, 5.74) is 4.33. The molecule has 2 aromatic heterocycles. The highest BCUT2D eigenvalue weighted by Crippen LogP contribution is 2.22. The summed E-state index contributed by atoms with van der Waals surface area (Å²) < 4.78 is 1.85. The van der Waals surface area contributed by atoms with Crippen LogP contribution in [0.25, 0.3) is 11.0 Å². The van der Waals surface area contributed by atoms with Crippen LogP contribution in [0.3, 0.4) is 0 Å². The Bertz CT molecular complexity index is 944. The van der Waals surface area contributed by atoms with Crippen molar-refractivity contribution in [3.63, 3.8) is 0 Å². The van der Waals surface area contributed by atoms with Crippen molar-refractivity contribution in [2.75, 3.05) is 5.32 Å². The largest absolute Gasteiger partial charge is 0.392 e. The van der Waals surface area contributed by atoms with Crippen LogP contribution in [0.1, 0.15) is 47.1 Å². The number of aryl methyl sites for hydroxylation is 2. The van der Waals surface area contributed by atoms with Gasteiger partial charge in [0.25, 0.3) is 5.91 Å². The number of rotatable bonds is 4. The first kappa shape index (κ1) is 17.1. The third-order valence-electron chi connectivity index (χ3n) is 4.23. The molecule has 2 N–H and O–H groups in total. The standard InChI is InChI=1S/C19H22N4O2/c1-11(2)23-18-15(9-20-23)8-16(13(4)21-18)19(25)22-17-7-14(10-24)6-5-12(17)3/h5-9,11,24H,10H2,1-4H3,(H,22,25). The third kappa shape index (κ3) is 3.25. The number of anilines is 1. The van der Waals surface area contributed by atoms with E-state index < -0.39 is 0 Å². The maximum Gasteiger partial charge on any atom is 0.257 e. The van der Waals surface area contributed by atoms with Gasteiger partial charge in [0.2, 0.25) is 0 Å². The maximum absolute atomic E-state index is 12.7. The number of hydrogen-bond donors (Lipinski definition) is 2. The highest BCUT2D eigenvalue weighted by Gasteiger charge is 2.16. The molecular formula is C19H22N4O2. The van der Waals surface area contributed by atoms with Crippen LogP contribution in [-0.2, 0) is 6.61 Å². The van der Waals surface area contributed by atoms with Crippen molar-refractivity contribution >= 4 is 22.6 Å². The van der Waals surface area contributed by atoms with Crippen LogP contribution in [0.2, 0.25) is 0 Å². The van der Waals surface area contributed by atoms with Crippen LogP contribution in [0.5, 0.6) is 0 Å². The zero-order valence-electron chi connectivity index (χ0n) is 14.9. The number of fused-ring (bicyclic) bond motifs is 1. The number of carbonyl (C=O) groups is 1. The van der Waals surface area contributed by atoms with Gasteiger partial charge >= 0.3 is 0 Å². The lowest BCUT2D eigenvalue weighted by Gasteiger charge is -2.12. The average molecular weight is 338 g/mol. The minimum atomic E-state index is -0.220. The molecule has 0 atom stereocenters. The number of hydrogen-bond acceptors (Lipinski definition) is 4. The second-order valence-electron chi connectivity index (χ2n) is 6.48. The third-order valence-corrected chi connectivity index (χ3v) is 4.23. The first-order valence-corrected chi connectivity index (χ1v) is 8.27. The summed E-state index contributed by atoms with van der Waals surface area (Å²) in [6, 6.07) is 7.52. The van der Waals surface area contributed by atoms with E-state index in [1.807, 2.05) is 50.6 Å². The molecular weight excluding hydrogens is 316 g/mol. The predicted octanol–water partition coefficient (Wildman–Crippen LogP) is 3.37. The summed E-state index contributed by atoms with van der Waals surface area (Å²) in [4.78, 5) is 17.3. The van der Waals surface area contributed by atoms with Gasteiger partial charge in [0, 0.05) is 17.1 Å². The number of aromatic nitrogens is 3. The van der Waals surface area contributed by atoms with Gasteiger partial charge < -0.3 is 10.4 Å². The van der Waals surface area contributed by atoms with Gasteiger partial charge in [-0.3, -0.25) is 4.79 Å². The van der Waals surface area contributed by atoms with E-state index in [0.717, 1.165) is 22.2 Å². The summed E-state index contributed by atoms with van der Waals surface area (Å²) in [7, 11) is 0. The number of aliphatic hydroxyl groups excluding tert-OH is 1. The van der Waals surface area contributed by atoms with Crippen molar-refractivity contribution in [3.05, 3.63) is 52.8 Å². The molecule has 6 nitrogen and oxygen atoms in total. The fourth-order valence-corrected chi connectivity index (χ4v) is 2.77. The molecule has 2 heterocycles. The summed E-state index contributed by atoms with van der Waals surface area (Å²) in [6.45, 7) is 7.76. The monoisotopic (exact) mass is 338 g/mol. The molecule has 0 unspecified atom stereocenters. The molecule has 0 aliphatic heterocycles. The first-order chi connectivity index (χ1) is 11.9. The Kier molecular flexibility index (Phi) is 4.55. The van der Waals surface area contributed by atoms with E-state index in [1.54, 1.807) is 12.3 Å². The predicted molar refractivity (Wildman–Crippen MR) is 97.7 cm³/mol. The molecule has 0 aliphatic rings. The molecule has 130 valence electrons. The Morgan fingerprint density at radius 2 is 2.04 bits per heavy atom. The number of amides is 1. The SMILES string of the molecule is Cc1ccc(CO)cc1NC(=O)c1cc2cnn(C(C)C)c2nc1C. The molecule has 0 aliphatic carbocycles. The minimum absolute atomic E-state index is 0.0654. The van der Waals surface area contributed by atoms with Gasteiger partial charge in [0.05, 0.1) is 24.1 Å². The van der Waals surface area contributed by atoms with E-state index in [1.165, 1.54) is 0 Å². The van der Waals surface area contributed by atoms with Gasteiger partial charge in [-0.25, -0.2) is 9.67 Å². The number of nitrogens with one attached hydrogen (secondary N) is 1. The van der Waals surface area contributed by atoms with E-state index in [2.05, 4.69) is 15.4 Å². The average Bonchev–Trinajstić information content (AvgIpc) is 2.98. The van der Waals surface area contributed by atoms with Crippen LogP contribution >= 0.6 is 0 Å². The lowest BCUT2D eigenvalue weighted by atomic mass is 10.1. The Morgan fingerprint density at radius 3 is 2.72 bits per heavy atom. The van der Waals surface area contributed by atoms with Crippen LogP contribution in [0.15, 0.2) is 30.5 Å². The van der Waals surface area contributed by atoms with Gasteiger partial charge in [0.15, 0.2) is 5.65 Å². The molecule has 1 amide bonds. The second-order valence-corrected chi connectivity index (χ2v) is 6.48. The normalized spacial score (nSPS) is 11.3. The topological polar surface area (TPSA) is 80.0 Å².